The standard InChI is InChI=1S/C25H28Cl2N4O3/c1-3-17(2)28-16-20-23(24(32)30-12-14-33-15-13-30)29-31(22-7-5-4-6-21(22)27)25(20)34-19-10-8-18(26)9-11-19/h4-11,17,28H,3,12-16H2,1-2H3. The van der Waals surface area contributed by atoms with E-state index in [1.165, 1.54) is 0 Å². The summed E-state index contributed by atoms with van der Waals surface area (Å²) in [6.45, 7) is 6.66. The van der Waals surface area contributed by atoms with Crippen LogP contribution in [0.25, 0.3) is 5.69 Å². The van der Waals surface area contributed by atoms with Gasteiger partial charge < -0.3 is 19.7 Å². The Kier molecular flexibility index (Phi) is 8.11. The van der Waals surface area contributed by atoms with Gasteiger partial charge in [-0.25, -0.2) is 0 Å². The molecule has 1 N–H and O–H groups in total. The number of aromatic nitrogens is 2. The van der Waals surface area contributed by atoms with Crippen LogP contribution >= 0.6 is 23.2 Å². The molecule has 1 fully saturated rings. The van der Waals surface area contributed by atoms with Crippen LogP contribution < -0.4 is 10.1 Å². The van der Waals surface area contributed by atoms with E-state index in [9.17, 15) is 4.79 Å². The highest BCUT2D eigenvalue weighted by Crippen LogP contribution is 2.34. The Hall–Kier alpha value is -2.58. The number of halogens is 2. The lowest BCUT2D eigenvalue weighted by atomic mass is 10.1. The van der Waals surface area contributed by atoms with Crippen molar-refractivity contribution in [1.82, 2.24) is 20.0 Å². The summed E-state index contributed by atoms with van der Waals surface area (Å²) < 4.78 is 13.4. The van der Waals surface area contributed by atoms with E-state index in [1.54, 1.807) is 39.9 Å². The van der Waals surface area contributed by atoms with E-state index >= 15 is 0 Å². The van der Waals surface area contributed by atoms with Crippen LogP contribution in [0.15, 0.2) is 48.5 Å². The first kappa shape index (κ1) is 24.5. The minimum Gasteiger partial charge on any atom is -0.439 e. The lowest BCUT2D eigenvalue weighted by Gasteiger charge is -2.26. The molecule has 2 heterocycles. The van der Waals surface area contributed by atoms with Crippen LogP contribution in [0, 0.1) is 0 Å². The topological polar surface area (TPSA) is 68.6 Å². The van der Waals surface area contributed by atoms with Crippen molar-refractivity contribution < 1.29 is 14.3 Å². The molecule has 1 aliphatic rings. The molecule has 3 aromatic rings. The zero-order chi connectivity index (χ0) is 24.1. The van der Waals surface area contributed by atoms with Crippen LogP contribution in [0.5, 0.6) is 11.6 Å². The number of para-hydroxylation sites is 1. The Balaban J connectivity index is 1.84. The minimum absolute atomic E-state index is 0.156. The number of rotatable bonds is 8. The van der Waals surface area contributed by atoms with Gasteiger partial charge in [0.25, 0.3) is 5.91 Å². The Labute approximate surface area is 209 Å². The number of ether oxygens (including phenoxy) is 2. The second kappa shape index (κ2) is 11.2. The third-order valence-electron chi connectivity index (χ3n) is 5.79. The molecule has 0 saturated carbocycles. The van der Waals surface area contributed by atoms with E-state index in [0.29, 0.717) is 71.5 Å². The molecule has 0 bridgehead atoms. The fraction of sp³-hybridized carbons (Fsp3) is 0.360. The molecule has 0 spiro atoms. The third kappa shape index (κ3) is 5.55. The third-order valence-corrected chi connectivity index (χ3v) is 6.36. The number of carbonyl (C=O) groups is 1. The summed E-state index contributed by atoms with van der Waals surface area (Å²) in [6.07, 6.45) is 0.943. The fourth-order valence-electron chi connectivity index (χ4n) is 3.61. The van der Waals surface area contributed by atoms with E-state index < -0.39 is 0 Å². The summed E-state index contributed by atoms with van der Waals surface area (Å²) >= 11 is 12.6. The minimum atomic E-state index is -0.156. The average Bonchev–Trinajstić information content (AvgIpc) is 3.21. The van der Waals surface area contributed by atoms with Crippen molar-refractivity contribution in [3.63, 3.8) is 0 Å². The van der Waals surface area contributed by atoms with E-state index in [0.717, 1.165) is 6.42 Å². The quantitative estimate of drug-likeness (QED) is 0.450. The normalized spacial score (nSPS) is 14.8. The summed E-state index contributed by atoms with van der Waals surface area (Å²) in [7, 11) is 0. The number of carbonyl (C=O) groups excluding carboxylic acids is 1. The van der Waals surface area contributed by atoms with Gasteiger partial charge in [0, 0.05) is 30.7 Å². The van der Waals surface area contributed by atoms with Crippen molar-refractivity contribution in [2.75, 3.05) is 26.3 Å². The first-order valence-electron chi connectivity index (χ1n) is 11.4. The summed E-state index contributed by atoms with van der Waals surface area (Å²) in [5, 5.41) is 9.32. The maximum Gasteiger partial charge on any atom is 0.275 e. The summed E-state index contributed by atoms with van der Waals surface area (Å²) in [5.41, 5.74) is 1.63. The van der Waals surface area contributed by atoms with Gasteiger partial charge in [-0.05, 0) is 49.7 Å². The van der Waals surface area contributed by atoms with Crippen molar-refractivity contribution >= 4 is 29.1 Å². The lowest BCUT2D eigenvalue weighted by Crippen LogP contribution is -2.41. The molecule has 180 valence electrons. The molecular formula is C25H28Cl2N4O3. The van der Waals surface area contributed by atoms with Crippen molar-refractivity contribution in [2.45, 2.75) is 32.9 Å². The zero-order valence-electron chi connectivity index (χ0n) is 19.3. The summed E-state index contributed by atoms with van der Waals surface area (Å²) in [6, 6.07) is 14.7. The number of hydrogen-bond acceptors (Lipinski definition) is 5. The molecule has 0 aliphatic carbocycles. The van der Waals surface area contributed by atoms with Gasteiger partial charge in [-0.3, -0.25) is 4.79 Å². The Bertz CT molecular complexity index is 1130. The molecule has 1 aliphatic heterocycles. The Morgan fingerprint density at radius 3 is 2.53 bits per heavy atom. The molecular weight excluding hydrogens is 475 g/mol. The highest BCUT2D eigenvalue weighted by atomic mass is 35.5. The van der Waals surface area contributed by atoms with Crippen molar-refractivity contribution in [2.24, 2.45) is 0 Å². The highest BCUT2D eigenvalue weighted by molar-refractivity contribution is 6.32. The molecule has 0 radical (unpaired) electrons. The van der Waals surface area contributed by atoms with Crippen LogP contribution in [0.3, 0.4) is 0 Å². The molecule has 34 heavy (non-hydrogen) atoms. The predicted octanol–water partition coefficient (Wildman–Crippen LogP) is 5.33. The second-order valence-corrected chi connectivity index (χ2v) is 8.99. The van der Waals surface area contributed by atoms with E-state index in [2.05, 4.69) is 19.2 Å². The molecule has 1 saturated heterocycles. The van der Waals surface area contributed by atoms with Gasteiger partial charge in [0.1, 0.15) is 5.75 Å². The van der Waals surface area contributed by atoms with Crippen molar-refractivity contribution in [3.05, 3.63) is 69.8 Å². The van der Waals surface area contributed by atoms with Crippen LogP contribution in [0.1, 0.15) is 36.3 Å². The SMILES string of the molecule is CCC(C)NCc1c(C(=O)N2CCOCC2)nn(-c2ccccc2Cl)c1Oc1ccc(Cl)cc1. The fourth-order valence-corrected chi connectivity index (χ4v) is 3.95. The highest BCUT2D eigenvalue weighted by Gasteiger charge is 2.30. The Morgan fingerprint density at radius 1 is 1.15 bits per heavy atom. The number of hydrogen-bond donors (Lipinski definition) is 1. The van der Waals surface area contributed by atoms with E-state index in [1.807, 2.05) is 18.2 Å². The maximum atomic E-state index is 13.6. The second-order valence-electron chi connectivity index (χ2n) is 8.15. The van der Waals surface area contributed by atoms with Crippen LogP contribution in [0.2, 0.25) is 10.0 Å². The molecule has 2 aromatic carbocycles. The molecule has 9 heteroatoms. The first-order valence-corrected chi connectivity index (χ1v) is 12.1. The first-order chi connectivity index (χ1) is 16.5. The predicted molar refractivity (Wildman–Crippen MR) is 133 cm³/mol. The Morgan fingerprint density at radius 2 is 1.85 bits per heavy atom. The summed E-state index contributed by atoms with van der Waals surface area (Å²) in [5.74, 6) is 0.853. The van der Waals surface area contributed by atoms with Gasteiger partial charge >= 0.3 is 0 Å². The van der Waals surface area contributed by atoms with Crippen LogP contribution in [0.4, 0.5) is 0 Å². The van der Waals surface area contributed by atoms with Crippen molar-refractivity contribution in [1.29, 1.82) is 0 Å². The largest absolute Gasteiger partial charge is 0.439 e. The molecule has 4 rings (SSSR count). The molecule has 1 amide bonds. The molecule has 1 aromatic heterocycles. The van der Waals surface area contributed by atoms with E-state index in [-0.39, 0.29) is 11.9 Å². The molecule has 1 atom stereocenters. The van der Waals surface area contributed by atoms with Crippen LogP contribution in [-0.2, 0) is 11.3 Å². The number of benzene rings is 2. The number of nitrogens with zero attached hydrogens (tertiary/aromatic N) is 3. The average molecular weight is 503 g/mol. The van der Waals surface area contributed by atoms with Gasteiger partial charge in [0.15, 0.2) is 5.69 Å². The summed E-state index contributed by atoms with van der Waals surface area (Å²) in [4.78, 5) is 15.3. The van der Waals surface area contributed by atoms with Gasteiger partial charge in [-0.2, -0.15) is 9.78 Å². The smallest absolute Gasteiger partial charge is 0.275 e. The van der Waals surface area contributed by atoms with Crippen LogP contribution in [-0.4, -0.2) is 52.9 Å². The van der Waals surface area contributed by atoms with E-state index in [4.69, 9.17) is 37.8 Å². The number of morpholine rings is 1. The lowest BCUT2D eigenvalue weighted by molar-refractivity contribution is 0.0298. The molecule has 7 nitrogen and oxygen atoms in total. The maximum absolute atomic E-state index is 13.6. The van der Waals surface area contributed by atoms with Gasteiger partial charge in [-0.15, -0.1) is 0 Å². The van der Waals surface area contributed by atoms with Crippen molar-refractivity contribution in [3.8, 4) is 17.3 Å². The van der Waals surface area contributed by atoms with Gasteiger partial charge in [-0.1, -0.05) is 42.3 Å². The number of amides is 1. The zero-order valence-corrected chi connectivity index (χ0v) is 20.8. The molecule has 1 unspecified atom stereocenters. The van der Waals surface area contributed by atoms with Gasteiger partial charge in [0.2, 0.25) is 5.88 Å². The monoisotopic (exact) mass is 502 g/mol. The number of nitrogens with one attached hydrogen (secondary N) is 1. The van der Waals surface area contributed by atoms with Gasteiger partial charge in [0.05, 0.1) is 29.5 Å².